The van der Waals surface area contributed by atoms with Gasteiger partial charge in [0.25, 0.3) is 0 Å². The van der Waals surface area contributed by atoms with E-state index in [0.717, 1.165) is 0 Å². The lowest BCUT2D eigenvalue weighted by Gasteiger charge is -2.10. The molecule has 0 aromatic heterocycles. The van der Waals surface area contributed by atoms with Crippen LogP contribution in [0.4, 0.5) is 5.69 Å². The molecule has 112 valence electrons. The lowest BCUT2D eigenvalue weighted by Crippen LogP contribution is -2.22. The van der Waals surface area contributed by atoms with E-state index in [-0.39, 0.29) is 17.9 Å². The van der Waals surface area contributed by atoms with Gasteiger partial charge in [-0.15, -0.1) is 0 Å². The van der Waals surface area contributed by atoms with Crippen LogP contribution in [0.5, 0.6) is 5.75 Å². The number of methoxy groups -OCH3 is 1. The maximum Gasteiger partial charge on any atom is 0.342 e. The Bertz CT molecular complexity index is 580. The molecular weight excluding hydrogens is 282 g/mol. The lowest BCUT2D eigenvalue weighted by atomic mass is 10.2. The molecule has 0 aliphatic carbocycles. The fourth-order valence-corrected chi connectivity index (χ4v) is 2.24. The summed E-state index contributed by atoms with van der Waals surface area (Å²) in [5, 5.41) is -0.497. The van der Waals surface area contributed by atoms with Crippen LogP contribution in [0.25, 0.3) is 0 Å². The van der Waals surface area contributed by atoms with Crippen LogP contribution in [0.1, 0.15) is 24.2 Å². The van der Waals surface area contributed by atoms with E-state index < -0.39 is 21.1 Å². The number of anilines is 1. The Morgan fingerprint density at radius 2 is 2.00 bits per heavy atom. The molecule has 0 fully saturated rings. The molecule has 20 heavy (non-hydrogen) atoms. The van der Waals surface area contributed by atoms with E-state index in [4.69, 9.17) is 15.2 Å². The first kappa shape index (κ1) is 16.3. The quantitative estimate of drug-likeness (QED) is 0.627. The molecule has 0 saturated heterocycles. The van der Waals surface area contributed by atoms with Crippen LogP contribution in [0, 0.1) is 0 Å². The van der Waals surface area contributed by atoms with Crippen molar-refractivity contribution < 1.29 is 22.7 Å². The van der Waals surface area contributed by atoms with Crippen molar-refractivity contribution in [3.05, 3.63) is 23.8 Å². The Hall–Kier alpha value is -1.76. The number of carbonyl (C=O) groups is 1. The molecule has 0 aliphatic rings. The van der Waals surface area contributed by atoms with Gasteiger partial charge in [0.2, 0.25) is 0 Å². The van der Waals surface area contributed by atoms with Gasteiger partial charge >= 0.3 is 5.97 Å². The number of nitrogen functional groups attached to an aromatic ring is 1. The number of carbonyl (C=O) groups excluding carboxylic acids is 1. The Balaban J connectivity index is 2.71. The molecule has 0 spiro atoms. The van der Waals surface area contributed by atoms with E-state index >= 15 is 0 Å². The maximum absolute atomic E-state index is 11.9. The van der Waals surface area contributed by atoms with E-state index in [9.17, 15) is 13.2 Å². The summed E-state index contributed by atoms with van der Waals surface area (Å²) in [4.78, 5) is 11.9. The summed E-state index contributed by atoms with van der Waals surface area (Å²) in [5.41, 5.74) is 6.17. The number of nitrogens with two attached hydrogens (primary N) is 1. The molecule has 0 bridgehead atoms. The number of sulfone groups is 1. The molecule has 0 aliphatic heterocycles. The third-order valence-corrected chi connectivity index (χ3v) is 4.93. The summed E-state index contributed by atoms with van der Waals surface area (Å²) >= 11 is 0. The van der Waals surface area contributed by atoms with Gasteiger partial charge in [-0.3, -0.25) is 0 Å². The Morgan fingerprint density at radius 3 is 2.55 bits per heavy atom. The Morgan fingerprint density at radius 1 is 1.35 bits per heavy atom. The van der Waals surface area contributed by atoms with Crippen molar-refractivity contribution >= 4 is 21.5 Å². The topological polar surface area (TPSA) is 95.7 Å². The van der Waals surface area contributed by atoms with Gasteiger partial charge in [-0.05, 0) is 32.0 Å². The van der Waals surface area contributed by atoms with Gasteiger partial charge in [-0.25, -0.2) is 13.2 Å². The minimum absolute atomic E-state index is 0.175. The molecule has 0 unspecified atom stereocenters. The average molecular weight is 301 g/mol. The van der Waals surface area contributed by atoms with Crippen molar-refractivity contribution in [2.75, 3.05) is 25.2 Å². The predicted octanol–water partition coefficient (Wildman–Crippen LogP) is 1.26. The third kappa shape index (κ3) is 4.12. The van der Waals surface area contributed by atoms with Crippen molar-refractivity contribution in [2.45, 2.75) is 19.1 Å². The number of benzene rings is 1. The predicted molar refractivity (Wildman–Crippen MR) is 76.6 cm³/mol. The van der Waals surface area contributed by atoms with Crippen molar-refractivity contribution in [3.8, 4) is 5.75 Å². The monoisotopic (exact) mass is 301 g/mol. The van der Waals surface area contributed by atoms with Crippen LogP contribution < -0.4 is 10.5 Å². The fourth-order valence-electron chi connectivity index (χ4n) is 1.45. The first-order chi connectivity index (χ1) is 9.27. The van der Waals surface area contributed by atoms with E-state index in [0.29, 0.717) is 11.4 Å². The van der Waals surface area contributed by atoms with Gasteiger partial charge in [-0.2, -0.15) is 0 Å². The summed E-state index contributed by atoms with van der Waals surface area (Å²) in [6, 6.07) is 4.58. The number of esters is 1. The minimum atomic E-state index is -3.23. The normalized spacial score (nSPS) is 11.4. The van der Waals surface area contributed by atoms with E-state index in [2.05, 4.69) is 0 Å². The second kappa shape index (κ2) is 6.60. The van der Waals surface area contributed by atoms with Gasteiger partial charge in [0.05, 0.1) is 18.1 Å². The zero-order valence-electron chi connectivity index (χ0n) is 11.8. The molecule has 6 nitrogen and oxygen atoms in total. The van der Waals surface area contributed by atoms with Crippen molar-refractivity contribution in [2.24, 2.45) is 0 Å². The lowest BCUT2D eigenvalue weighted by molar-refractivity contribution is 0.0525. The number of hydrogen-bond acceptors (Lipinski definition) is 6. The highest BCUT2D eigenvalue weighted by atomic mass is 32.2. The molecule has 0 heterocycles. The van der Waals surface area contributed by atoms with Crippen molar-refractivity contribution in [3.63, 3.8) is 0 Å². The summed E-state index contributed by atoms with van der Waals surface area (Å²) in [7, 11) is -1.81. The molecule has 0 saturated carbocycles. The van der Waals surface area contributed by atoms with Gasteiger partial charge < -0.3 is 15.2 Å². The van der Waals surface area contributed by atoms with Gasteiger partial charge in [0.1, 0.15) is 17.9 Å². The smallest absolute Gasteiger partial charge is 0.342 e. The first-order valence-electron chi connectivity index (χ1n) is 6.10. The Labute approximate surface area is 118 Å². The highest BCUT2D eigenvalue weighted by molar-refractivity contribution is 7.91. The van der Waals surface area contributed by atoms with Gasteiger partial charge in [0.15, 0.2) is 9.84 Å². The Kier molecular flexibility index (Phi) is 5.38. The third-order valence-electron chi connectivity index (χ3n) is 2.76. The zero-order chi connectivity index (χ0) is 15.3. The summed E-state index contributed by atoms with van der Waals surface area (Å²) < 4.78 is 33.2. The molecule has 7 heteroatoms. The maximum atomic E-state index is 11.9. The molecule has 0 atom stereocenters. The molecular formula is C13H19NO5S. The van der Waals surface area contributed by atoms with E-state index in [1.807, 2.05) is 0 Å². The summed E-state index contributed by atoms with van der Waals surface area (Å²) in [5.74, 6) is -0.537. The summed E-state index contributed by atoms with van der Waals surface area (Å²) in [6.45, 7) is 2.97. The molecule has 2 N–H and O–H groups in total. The molecule has 0 radical (unpaired) electrons. The first-order valence-corrected chi connectivity index (χ1v) is 7.81. The second-order valence-corrected chi connectivity index (χ2v) is 7.19. The van der Waals surface area contributed by atoms with E-state index in [1.54, 1.807) is 26.0 Å². The zero-order valence-corrected chi connectivity index (χ0v) is 12.6. The standard InChI is InChI=1S/C13H19NO5S/c1-9(2)20(16,17)7-6-19-13(15)11-8-10(14)4-5-12(11)18-3/h4-5,8-9H,6-7,14H2,1-3H3. The van der Waals surface area contributed by atoms with Crippen LogP contribution in [-0.2, 0) is 14.6 Å². The van der Waals surface area contributed by atoms with Crippen LogP contribution in [-0.4, -0.2) is 39.1 Å². The molecule has 0 amide bonds. The minimum Gasteiger partial charge on any atom is -0.496 e. The molecule has 1 aromatic rings. The SMILES string of the molecule is COc1ccc(N)cc1C(=O)OCCS(=O)(=O)C(C)C. The molecule has 1 rings (SSSR count). The molecule has 1 aromatic carbocycles. The average Bonchev–Trinajstić information content (AvgIpc) is 2.38. The van der Waals surface area contributed by atoms with Crippen LogP contribution >= 0.6 is 0 Å². The summed E-state index contributed by atoms with van der Waals surface area (Å²) in [6.07, 6.45) is 0. The van der Waals surface area contributed by atoms with Crippen LogP contribution in [0.15, 0.2) is 18.2 Å². The van der Waals surface area contributed by atoms with Crippen molar-refractivity contribution in [1.82, 2.24) is 0 Å². The number of rotatable bonds is 6. The van der Waals surface area contributed by atoms with Gasteiger partial charge in [0, 0.05) is 5.69 Å². The second-order valence-electron chi connectivity index (χ2n) is 4.51. The number of hydrogen-bond donors (Lipinski definition) is 1. The number of ether oxygens (including phenoxy) is 2. The van der Waals surface area contributed by atoms with Crippen LogP contribution in [0.3, 0.4) is 0 Å². The fraction of sp³-hybridized carbons (Fsp3) is 0.462. The van der Waals surface area contributed by atoms with Crippen LogP contribution in [0.2, 0.25) is 0 Å². The largest absolute Gasteiger partial charge is 0.496 e. The van der Waals surface area contributed by atoms with Crippen molar-refractivity contribution in [1.29, 1.82) is 0 Å². The van der Waals surface area contributed by atoms with Gasteiger partial charge in [-0.1, -0.05) is 0 Å². The highest BCUT2D eigenvalue weighted by Crippen LogP contribution is 2.21. The van der Waals surface area contributed by atoms with E-state index in [1.165, 1.54) is 13.2 Å². The highest BCUT2D eigenvalue weighted by Gasteiger charge is 2.18.